The van der Waals surface area contributed by atoms with Gasteiger partial charge in [0.1, 0.15) is 12.3 Å². The number of anilines is 1. The van der Waals surface area contributed by atoms with Gasteiger partial charge in [0.05, 0.1) is 4.92 Å². The summed E-state index contributed by atoms with van der Waals surface area (Å²) in [4.78, 5) is 9.84. The van der Waals surface area contributed by atoms with Crippen molar-refractivity contribution in [3.8, 4) is 11.8 Å². The van der Waals surface area contributed by atoms with E-state index < -0.39 is 4.92 Å². The zero-order chi connectivity index (χ0) is 10.6. The van der Waals surface area contributed by atoms with E-state index in [1.54, 1.807) is 0 Å². The van der Waals surface area contributed by atoms with Crippen LogP contribution >= 0.6 is 0 Å². The largest absolute Gasteiger partial charge is 0.393 e. The molecule has 1 rings (SSSR count). The van der Waals surface area contributed by atoms with E-state index in [0.29, 0.717) is 5.56 Å². The highest BCUT2D eigenvalue weighted by molar-refractivity contribution is 5.61. The van der Waals surface area contributed by atoms with Crippen molar-refractivity contribution in [2.75, 3.05) is 12.3 Å². The minimum atomic E-state index is -0.557. The van der Waals surface area contributed by atoms with Crippen LogP contribution in [0.4, 0.5) is 11.4 Å². The second kappa shape index (κ2) is 4.25. The Kier molecular flexibility index (Phi) is 3.05. The third-order valence-electron chi connectivity index (χ3n) is 1.54. The van der Waals surface area contributed by atoms with Crippen molar-refractivity contribution in [2.45, 2.75) is 0 Å². The fourth-order valence-electron chi connectivity index (χ4n) is 0.940. The van der Waals surface area contributed by atoms with E-state index in [1.165, 1.54) is 18.2 Å². The topological polar surface area (TPSA) is 89.4 Å². The lowest BCUT2D eigenvalue weighted by Gasteiger charge is -1.96. The van der Waals surface area contributed by atoms with Gasteiger partial charge in [0.2, 0.25) is 0 Å². The van der Waals surface area contributed by atoms with Gasteiger partial charge in [-0.25, -0.2) is 0 Å². The monoisotopic (exact) mass is 192 g/mol. The van der Waals surface area contributed by atoms with E-state index in [1.807, 2.05) is 0 Å². The smallest absolute Gasteiger partial charge is 0.292 e. The summed E-state index contributed by atoms with van der Waals surface area (Å²) in [6, 6.07) is 4.18. The molecular weight excluding hydrogens is 184 g/mol. The van der Waals surface area contributed by atoms with Crippen LogP contribution in [-0.4, -0.2) is 16.6 Å². The Morgan fingerprint density at radius 3 is 2.79 bits per heavy atom. The number of rotatable bonds is 1. The Labute approximate surface area is 80.3 Å². The zero-order valence-electron chi connectivity index (χ0n) is 7.23. The third kappa shape index (κ3) is 2.21. The van der Waals surface area contributed by atoms with Crippen LogP contribution in [0.1, 0.15) is 5.56 Å². The molecule has 0 radical (unpaired) electrons. The Bertz CT molecular complexity index is 418. The molecule has 0 aliphatic rings. The average Bonchev–Trinajstić information content (AvgIpc) is 2.14. The molecular formula is C9H8N2O3. The van der Waals surface area contributed by atoms with Crippen LogP contribution in [0.5, 0.6) is 0 Å². The second-order valence-corrected chi connectivity index (χ2v) is 2.49. The van der Waals surface area contributed by atoms with Crippen molar-refractivity contribution in [3.63, 3.8) is 0 Å². The minimum Gasteiger partial charge on any atom is -0.393 e. The van der Waals surface area contributed by atoms with E-state index in [2.05, 4.69) is 11.8 Å². The minimum absolute atomic E-state index is 0.0692. The molecule has 0 aliphatic heterocycles. The molecule has 14 heavy (non-hydrogen) atoms. The van der Waals surface area contributed by atoms with E-state index in [4.69, 9.17) is 10.8 Å². The van der Waals surface area contributed by atoms with Gasteiger partial charge < -0.3 is 10.8 Å². The number of nitrogens with zero attached hydrogens (tertiary/aromatic N) is 1. The summed E-state index contributed by atoms with van der Waals surface area (Å²) < 4.78 is 0. The van der Waals surface area contributed by atoms with E-state index in [0.717, 1.165) is 0 Å². The van der Waals surface area contributed by atoms with Gasteiger partial charge in [-0.2, -0.15) is 0 Å². The summed E-state index contributed by atoms with van der Waals surface area (Å²) in [6.07, 6.45) is 0. The van der Waals surface area contributed by atoms with Gasteiger partial charge in [0, 0.05) is 11.6 Å². The summed E-state index contributed by atoms with van der Waals surface area (Å²) in [5, 5.41) is 18.8. The number of nitrogen functional groups attached to an aromatic ring is 1. The zero-order valence-corrected chi connectivity index (χ0v) is 7.23. The lowest BCUT2D eigenvalue weighted by molar-refractivity contribution is -0.383. The summed E-state index contributed by atoms with van der Waals surface area (Å²) >= 11 is 0. The fraction of sp³-hybridized carbons (Fsp3) is 0.111. The fourth-order valence-corrected chi connectivity index (χ4v) is 0.940. The highest BCUT2D eigenvalue weighted by Gasteiger charge is 2.09. The van der Waals surface area contributed by atoms with Gasteiger partial charge in [-0.05, 0) is 12.1 Å². The van der Waals surface area contributed by atoms with Gasteiger partial charge in [-0.3, -0.25) is 10.1 Å². The van der Waals surface area contributed by atoms with E-state index in [-0.39, 0.29) is 18.0 Å². The van der Waals surface area contributed by atoms with Crippen LogP contribution in [-0.2, 0) is 0 Å². The Hall–Kier alpha value is -2.06. The van der Waals surface area contributed by atoms with E-state index >= 15 is 0 Å². The number of aliphatic hydroxyl groups is 1. The molecule has 0 spiro atoms. The number of hydrogen-bond acceptors (Lipinski definition) is 4. The maximum atomic E-state index is 10.4. The molecule has 0 bridgehead atoms. The molecule has 0 amide bonds. The van der Waals surface area contributed by atoms with Crippen molar-refractivity contribution >= 4 is 11.4 Å². The number of hydrogen-bond donors (Lipinski definition) is 2. The molecule has 0 saturated heterocycles. The first kappa shape index (κ1) is 10.0. The Balaban J connectivity index is 3.06. The van der Waals surface area contributed by atoms with Gasteiger partial charge >= 0.3 is 0 Å². The molecule has 0 aromatic heterocycles. The predicted molar refractivity (Wildman–Crippen MR) is 51.5 cm³/mol. The highest BCUT2D eigenvalue weighted by atomic mass is 16.6. The molecule has 0 unspecified atom stereocenters. The average molecular weight is 192 g/mol. The summed E-state index contributed by atoms with van der Waals surface area (Å²) in [6.45, 7) is -0.253. The first-order chi connectivity index (χ1) is 6.65. The lowest BCUT2D eigenvalue weighted by Crippen LogP contribution is -1.95. The summed E-state index contributed by atoms with van der Waals surface area (Å²) in [5.41, 5.74) is 5.90. The molecule has 0 fully saturated rings. The predicted octanol–water partition coefficient (Wildman–Crippen LogP) is 0.521. The molecule has 0 aliphatic carbocycles. The van der Waals surface area contributed by atoms with Gasteiger partial charge in [0.15, 0.2) is 0 Å². The van der Waals surface area contributed by atoms with Crippen LogP contribution in [0.25, 0.3) is 0 Å². The quantitative estimate of drug-likeness (QED) is 0.294. The van der Waals surface area contributed by atoms with Crippen LogP contribution < -0.4 is 5.73 Å². The van der Waals surface area contributed by atoms with Crippen molar-refractivity contribution in [2.24, 2.45) is 0 Å². The molecule has 1 aromatic carbocycles. The van der Waals surface area contributed by atoms with Crippen molar-refractivity contribution < 1.29 is 10.0 Å². The number of aliphatic hydroxyl groups excluding tert-OH is 1. The number of nitrogens with two attached hydrogens (primary N) is 1. The van der Waals surface area contributed by atoms with Crippen LogP contribution in [0.2, 0.25) is 0 Å². The molecule has 5 heteroatoms. The molecule has 1 aromatic rings. The maximum absolute atomic E-state index is 10.4. The van der Waals surface area contributed by atoms with Crippen LogP contribution in [0, 0.1) is 22.0 Å². The van der Waals surface area contributed by atoms with E-state index in [9.17, 15) is 10.1 Å². The molecule has 0 heterocycles. The Morgan fingerprint density at radius 1 is 1.57 bits per heavy atom. The first-order valence-electron chi connectivity index (χ1n) is 3.79. The normalized spacial score (nSPS) is 8.93. The van der Waals surface area contributed by atoms with Crippen molar-refractivity contribution in [1.29, 1.82) is 0 Å². The SMILES string of the molecule is Nc1cc(C#CCO)ccc1[N+](=O)[O-]. The number of nitro benzene ring substituents is 1. The van der Waals surface area contributed by atoms with Gasteiger partial charge in [-0.15, -0.1) is 0 Å². The summed E-state index contributed by atoms with van der Waals surface area (Å²) in [5.74, 6) is 5.02. The maximum Gasteiger partial charge on any atom is 0.292 e. The molecule has 5 nitrogen and oxygen atoms in total. The van der Waals surface area contributed by atoms with Crippen LogP contribution in [0.15, 0.2) is 18.2 Å². The van der Waals surface area contributed by atoms with Crippen molar-refractivity contribution in [1.82, 2.24) is 0 Å². The summed E-state index contributed by atoms with van der Waals surface area (Å²) in [7, 11) is 0. The highest BCUT2D eigenvalue weighted by Crippen LogP contribution is 2.21. The van der Waals surface area contributed by atoms with Crippen LogP contribution in [0.3, 0.4) is 0 Å². The lowest BCUT2D eigenvalue weighted by atomic mass is 10.2. The third-order valence-corrected chi connectivity index (χ3v) is 1.54. The number of nitro groups is 1. The van der Waals surface area contributed by atoms with Gasteiger partial charge in [-0.1, -0.05) is 11.8 Å². The molecule has 72 valence electrons. The number of benzene rings is 1. The van der Waals surface area contributed by atoms with Crippen molar-refractivity contribution in [3.05, 3.63) is 33.9 Å². The second-order valence-electron chi connectivity index (χ2n) is 2.49. The van der Waals surface area contributed by atoms with Gasteiger partial charge in [0.25, 0.3) is 5.69 Å². The standard InChI is InChI=1S/C9H8N2O3/c10-8-6-7(2-1-5-12)3-4-9(8)11(13)14/h3-4,6,12H,5,10H2. The Morgan fingerprint density at radius 2 is 2.29 bits per heavy atom. The molecule has 0 saturated carbocycles. The first-order valence-corrected chi connectivity index (χ1v) is 3.79. The molecule has 3 N–H and O–H groups in total. The molecule has 0 atom stereocenters.